The lowest BCUT2D eigenvalue weighted by atomic mass is 9.84. The van der Waals surface area contributed by atoms with E-state index < -0.39 is 58.9 Å². The number of sulfone groups is 1. The number of benzene rings is 5. The van der Waals surface area contributed by atoms with Crippen LogP contribution < -0.4 is 14.9 Å². The molecular weight excluding hydrogens is 937 g/mol. The van der Waals surface area contributed by atoms with Crippen molar-refractivity contribution >= 4 is 60.5 Å². The van der Waals surface area contributed by atoms with E-state index in [-0.39, 0.29) is 24.1 Å². The van der Waals surface area contributed by atoms with E-state index in [1.807, 2.05) is 88.5 Å². The molecule has 3 atom stereocenters. The van der Waals surface area contributed by atoms with Gasteiger partial charge in [-0.15, -0.1) is 11.8 Å². The molecule has 5 aromatic rings. The lowest BCUT2D eigenvalue weighted by Gasteiger charge is -2.36. The average molecular weight is 988 g/mol. The standard InChI is InChI=1S/C47H50ClF3N4O8S3/c48-35-14-10-32(11-15-35)41-8-4-5-9-42(41)45(57)33-20-23-54(24-21-33)37-16-12-34(13-17-37)46(58)53-66(61,62)40-18-19-43(44(28-40)65(59,60)47(49,50)51)52-36(31-64-39-6-2-1-3-7-39)22-25-55-26-27-63-30-38(55)29-56/h1-19,28,33,36,38,45,52,56-57H,20-27,29-31H2,(H,53,58)/t36-,38-,45-/m0/s1. The van der Waals surface area contributed by atoms with Crippen LogP contribution in [0.15, 0.2) is 136 Å². The Bertz CT molecular complexity index is 2660. The Morgan fingerprint density at radius 1 is 0.879 bits per heavy atom. The molecule has 0 bridgehead atoms. The minimum absolute atomic E-state index is 0.0256. The molecule has 2 saturated heterocycles. The van der Waals surface area contributed by atoms with Crippen LogP contribution in [-0.4, -0.2) is 107 Å². The zero-order valence-corrected chi connectivity index (χ0v) is 38.8. The van der Waals surface area contributed by atoms with Crippen molar-refractivity contribution in [2.45, 2.75) is 57.6 Å². The molecule has 2 heterocycles. The van der Waals surface area contributed by atoms with Gasteiger partial charge < -0.3 is 25.2 Å². The van der Waals surface area contributed by atoms with Crippen molar-refractivity contribution in [2.24, 2.45) is 5.92 Å². The number of piperidine rings is 1. The van der Waals surface area contributed by atoms with E-state index in [2.05, 4.69) is 10.2 Å². The van der Waals surface area contributed by atoms with E-state index in [9.17, 15) is 45.0 Å². The van der Waals surface area contributed by atoms with Gasteiger partial charge >= 0.3 is 5.51 Å². The first-order chi connectivity index (χ1) is 31.5. The first-order valence-electron chi connectivity index (χ1n) is 21.3. The maximum atomic E-state index is 14.2. The fourth-order valence-corrected chi connectivity index (χ4v) is 11.3. The minimum atomic E-state index is -6.11. The fraction of sp³-hybridized carbons (Fsp3) is 0.340. The number of amides is 1. The van der Waals surface area contributed by atoms with Gasteiger partial charge in [0, 0.05) is 59.1 Å². The van der Waals surface area contributed by atoms with Gasteiger partial charge in [0.1, 0.15) is 4.90 Å². The maximum absolute atomic E-state index is 14.2. The van der Waals surface area contributed by atoms with Crippen LogP contribution in [0.3, 0.4) is 0 Å². The molecule has 2 aliphatic heterocycles. The number of hydrogen-bond acceptors (Lipinski definition) is 12. The number of sulfonamides is 1. The largest absolute Gasteiger partial charge is 0.501 e. The first-order valence-corrected chi connectivity index (χ1v) is 25.6. The summed E-state index contributed by atoms with van der Waals surface area (Å²) in [6.07, 6.45) is 0.948. The highest BCUT2D eigenvalue weighted by Gasteiger charge is 2.48. The SMILES string of the molecule is O=C(NS(=O)(=O)c1ccc(N[C@@H](CCN2CCOC[C@@H]2CO)CSc2ccccc2)c(S(=O)(=O)C(F)(F)F)c1)c1ccc(N2CCC([C@H](O)c3ccccc3-c3ccc(Cl)cc3)CC2)cc1. The second-order valence-electron chi connectivity index (χ2n) is 16.2. The second-order valence-corrected chi connectivity index (χ2v) is 21.3. The molecule has 1 amide bonds. The molecular formula is C47H50ClF3N4O8S3. The summed E-state index contributed by atoms with van der Waals surface area (Å²) in [7, 11) is -11.0. The van der Waals surface area contributed by atoms with E-state index in [1.54, 1.807) is 12.1 Å². The highest BCUT2D eigenvalue weighted by molar-refractivity contribution is 7.99. The molecule has 0 aromatic heterocycles. The topological polar surface area (TPSA) is 166 Å². The molecule has 19 heteroatoms. The Morgan fingerprint density at radius 2 is 1.56 bits per heavy atom. The number of rotatable bonds is 17. The number of alkyl halides is 3. The molecule has 66 heavy (non-hydrogen) atoms. The van der Waals surface area contributed by atoms with Crippen LogP contribution in [0.5, 0.6) is 0 Å². The third-order valence-corrected chi connectivity index (χ3v) is 16.2. The van der Waals surface area contributed by atoms with Crippen LogP contribution in [0.4, 0.5) is 24.5 Å². The molecule has 0 aliphatic carbocycles. The van der Waals surface area contributed by atoms with Crippen LogP contribution >= 0.6 is 23.4 Å². The average Bonchev–Trinajstić information content (AvgIpc) is 3.32. The molecule has 2 aliphatic rings. The molecule has 7 rings (SSSR count). The van der Waals surface area contributed by atoms with Crippen LogP contribution in [0.25, 0.3) is 11.1 Å². The number of aliphatic hydroxyl groups excluding tert-OH is 2. The van der Waals surface area contributed by atoms with Gasteiger partial charge in [0.05, 0.1) is 42.5 Å². The number of aliphatic hydroxyl groups is 2. The number of halogens is 4. The number of morpholine rings is 1. The van der Waals surface area contributed by atoms with Gasteiger partial charge in [-0.2, -0.15) is 13.2 Å². The maximum Gasteiger partial charge on any atom is 0.501 e. The fourth-order valence-electron chi connectivity index (χ4n) is 8.18. The van der Waals surface area contributed by atoms with Gasteiger partial charge in [-0.1, -0.05) is 66.2 Å². The predicted molar refractivity (Wildman–Crippen MR) is 250 cm³/mol. The number of thioether (sulfide) groups is 1. The van der Waals surface area contributed by atoms with Gasteiger partial charge in [0.2, 0.25) is 0 Å². The van der Waals surface area contributed by atoms with E-state index in [0.29, 0.717) is 75.5 Å². The van der Waals surface area contributed by atoms with Gasteiger partial charge in [0.15, 0.2) is 0 Å². The summed E-state index contributed by atoms with van der Waals surface area (Å²) in [5, 5.41) is 24.9. The molecule has 0 radical (unpaired) electrons. The molecule has 352 valence electrons. The summed E-state index contributed by atoms with van der Waals surface area (Å²) in [6, 6.07) is 31.9. The van der Waals surface area contributed by atoms with E-state index >= 15 is 0 Å². The van der Waals surface area contributed by atoms with Gasteiger partial charge in [-0.05, 0) is 109 Å². The molecule has 0 unspecified atom stereocenters. The second kappa shape index (κ2) is 21.5. The van der Waals surface area contributed by atoms with Gasteiger partial charge in [0.25, 0.3) is 25.8 Å². The van der Waals surface area contributed by atoms with Crippen molar-refractivity contribution in [3.63, 3.8) is 0 Å². The lowest BCUT2D eigenvalue weighted by Crippen LogP contribution is -2.48. The van der Waals surface area contributed by atoms with Crippen molar-refractivity contribution in [1.29, 1.82) is 0 Å². The molecule has 0 saturated carbocycles. The molecule has 0 spiro atoms. The van der Waals surface area contributed by atoms with Crippen molar-refractivity contribution in [2.75, 3.05) is 62.0 Å². The van der Waals surface area contributed by atoms with E-state index in [0.717, 1.165) is 39.4 Å². The number of ether oxygens (including phenoxy) is 1. The summed E-state index contributed by atoms with van der Waals surface area (Å²) >= 11 is 7.49. The van der Waals surface area contributed by atoms with Gasteiger partial charge in [-0.3, -0.25) is 9.69 Å². The number of carbonyl (C=O) groups is 1. The zero-order chi connectivity index (χ0) is 47.1. The number of nitrogens with zero attached hydrogens (tertiary/aromatic N) is 2. The van der Waals surface area contributed by atoms with Crippen molar-refractivity contribution < 1.29 is 49.8 Å². The zero-order valence-electron chi connectivity index (χ0n) is 35.6. The minimum Gasteiger partial charge on any atom is -0.395 e. The Morgan fingerprint density at radius 3 is 2.24 bits per heavy atom. The number of anilines is 2. The first kappa shape index (κ1) is 49.3. The van der Waals surface area contributed by atoms with Crippen LogP contribution in [0.2, 0.25) is 5.02 Å². The third kappa shape index (κ3) is 11.9. The highest BCUT2D eigenvalue weighted by Crippen LogP contribution is 2.39. The summed E-state index contributed by atoms with van der Waals surface area (Å²) in [5.74, 6) is -0.810. The summed E-state index contributed by atoms with van der Waals surface area (Å²) in [4.78, 5) is 16.1. The summed E-state index contributed by atoms with van der Waals surface area (Å²) < 4.78 is 103. The smallest absolute Gasteiger partial charge is 0.395 e. The van der Waals surface area contributed by atoms with Crippen molar-refractivity contribution in [3.8, 4) is 11.1 Å². The number of hydrogen-bond donors (Lipinski definition) is 4. The molecule has 4 N–H and O–H groups in total. The van der Waals surface area contributed by atoms with Crippen molar-refractivity contribution in [3.05, 3.63) is 137 Å². The van der Waals surface area contributed by atoms with Crippen LogP contribution in [0.1, 0.15) is 41.3 Å². The Balaban J connectivity index is 1.03. The Labute approximate surface area is 392 Å². The predicted octanol–water partition coefficient (Wildman–Crippen LogP) is 8.03. The Hall–Kier alpha value is -4.66. The van der Waals surface area contributed by atoms with Crippen LogP contribution in [-0.2, 0) is 24.6 Å². The quantitative estimate of drug-likeness (QED) is 0.0665. The van der Waals surface area contributed by atoms with Crippen LogP contribution in [0, 0.1) is 5.92 Å². The normalized spacial score (nSPS) is 17.5. The summed E-state index contributed by atoms with van der Waals surface area (Å²) in [5.41, 5.74) is -2.86. The molecule has 12 nitrogen and oxygen atoms in total. The monoisotopic (exact) mass is 986 g/mol. The number of carbonyl (C=O) groups excluding carboxylic acids is 1. The van der Waals surface area contributed by atoms with E-state index in [4.69, 9.17) is 16.3 Å². The highest BCUT2D eigenvalue weighted by atomic mass is 35.5. The molecule has 5 aromatic carbocycles. The third-order valence-electron chi connectivity index (χ3n) is 11.9. The number of nitrogens with one attached hydrogen (secondary N) is 2. The van der Waals surface area contributed by atoms with Gasteiger partial charge in [-0.25, -0.2) is 21.6 Å². The van der Waals surface area contributed by atoms with Crippen molar-refractivity contribution in [1.82, 2.24) is 9.62 Å². The lowest BCUT2D eigenvalue weighted by molar-refractivity contribution is -0.0435. The van der Waals surface area contributed by atoms with E-state index in [1.165, 1.54) is 23.9 Å². The molecule has 2 fully saturated rings. The summed E-state index contributed by atoms with van der Waals surface area (Å²) in [6.45, 7) is 2.66. The Kier molecular flexibility index (Phi) is 16.1.